The molecule has 1 aliphatic heterocycles. The minimum Gasteiger partial charge on any atom is -0.335 e. The Hall–Kier alpha value is -1.89. The van der Waals surface area contributed by atoms with Crippen LogP contribution in [0.25, 0.3) is 11.2 Å². The Morgan fingerprint density at radius 3 is 2.79 bits per heavy atom. The standard InChI is InChI=1S/C12H17N5O2/c1-2-4-12(5-3-6-13-12)10-14-7-8(15-10)16-11(19)17-9(7)18/h13H,2-6H2,1H3,(H3,14,15,16,17,18,19). The summed E-state index contributed by atoms with van der Waals surface area (Å²) in [5.41, 5.74) is -0.495. The van der Waals surface area contributed by atoms with Crippen molar-refractivity contribution in [3.63, 3.8) is 0 Å². The monoisotopic (exact) mass is 263 g/mol. The van der Waals surface area contributed by atoms with Gasteiger partial charge in [-0.15, -0.1) is 0 Å². The number of aromatic amines is 3. The largest absolute Gasteiger partial charge is 0.335 e. The van der Waals surface area contributed by atoms with Gasteiger partial charge in [0, 0.05) is 0 Å². The van der Waals surface area contributed by atoms with Crippen LogP contribution in [0.4, 0.5) is 0 Å². The van der Waals surface area contributed by atoms with Crippen LogP contribution in [0.5, 0.6) is 0 Å². The number of nitrogens with one attached hydrogen (secondary N) is 4. The van der Waals surface area contributed by atoms with Crippen molar-refractivity contribution < 1.29 is 0 Å². The van der Waals surface area contributed by atoms with Gasteiger partial charge in [0.25, 0.3) is 5.56 Å². The van der Waals surface area contributed by atoms with Crippen molar-refractivity contribution in [2.45, 2.75) is 38.1 Å². The molecule has 0 amide bonds. The molecule has 1 saturated heterocycles. The fraction of sp³-hybridized carbons (Fsp3) is 0.583. The van der Waals surface area contributed by atoms with Gasteiger partial charge in [0.15, 0.2) is 5.65 Å². The predicted molar refractivity (Wildman–Crippen MR) is 71.2 cm³/mol. The lowest BCUT2D eigenvalue weighted by Crippen LogP contribution is -2.37. The molecule has 1 atom stereocenters. The van der Waals surface area contributed by atoms with Gasteiger partial charge in [-0.2, -0.15) is 0 Å². The van der Waals surface area contributed by atoms with E-state index in [1.165, 1.54) is 0 Å². The van der Waals surface area contributed by atoms with Gasteiger partial charge in [-0.05, 0) is 25.8 Å². The molecule has 3 heterocycles. The molecule has 102 valence electrons. The number of imidazole rings is 1. The van der Waals surface area contributed by atoms with E-state index in [0.29, 0.717) is 11.2 Å². The summed E-state index contributed by atoms with van der Waals surface area (Å²) in [7, 11) is 0. The minimum atomic E-state index is -0.528. The number of H-pyrrole nitrogens is 3. The van der Waals surface area contributed by atoms with Gasteiger partial charge in [0.2, 0.25) is 0 Å². The van der Waals surface area contributed by atoms with Gasteiger partial charge in [-0.25, -0.2) is 9.78 Å². The second kappa shape index (κ2) is 4.34. The first-order chi connectivity index (χ1) is 9.14. The molecule has 1 unspecified atom stereocenters. The fourth-order valence-corrected chi connectivity index (χ4v) is 2.93. The van der Waals surface area contributed by atoms with E-state index in [-0.39, 0.29) is 5.54 Å². The molecule has 3 rings (SSSR count). The third kappa shape index (κ3) is 1.90. The van der Waals surface area contributed by atoms with Crippen molar-refractivity contribution >= 4 is 11.2 Å². The van der Waals surface area contributed by atoms with Crippen molar-refractivity contribution in [1.82, 2.24) is 25.3 Å². The summed E-state index contributed by atoms with van der Waals surface area (Å²) in [5.74, 6) is 0.745. The first-order valence-corrected chi connectivity index (χ1v) is 6.62. The van der Waals surface area contributed by atoms with Gasteiger partial charge >= 0.3 is 5.69 Å². The van der Waals surface area contributed by atoms with E-state index in [0.717, 1.165) is 38.1 Å². The molecular weight excluding hydrogens is 246 g/mol. The first kappa shape index (κ1) is 12.2. The van der Waals surface area contributed by atoms with E-state index in [9.17, 15) is 9.59 Å². The molecule has 0 radical (unpaired) electrons. The molecule has 0 spiro atoms. The van der Waals surface area contributed by atoms with Gasteiger partial charge in [0.05, 0.1) is 5.54 Å². The van der Waals surface area contributed by atoms with Crippen LogP contribution in [0.15, 0.2) is 9.59 Å². The maximum Gasteiger partial charge on any atom is 0.327 e. The average Bonchev–Trinajstić information content (AvgIpc) is 2.96. The van der Waals surface area contributed by atoms with E-state index in [4.69, 9.17) is 0 Å². The van der Waals surface area contributed by atoms with Crippen LogP contribution in [-0.2, 0) is 5.54 Å². The maximum atomic E-state index is 11.7. The molecule has 0 aliphatic carbocycles. The SMILES string of the molecule is CCCC1(c2nc3[nH]c(=O)[nH]c(=O)c3[nH]2)CCCN1. The highest BCUT2D eigenvalue weighted by molar-refractivity contribution is 5.68. The molecule has 7 heteroatoms. The predicted octanol–water partition coefficient (Wildman–Crippen LogP) is 0.318. The van der Waals surface area contributed by atoms with E-state index in [2.05, 4.69) is 32.2 Å². The van der Waals surface area contributed by atoms with Crippen LogP contribution in [0.2, 0.25) is 0 Å². The van der Waals surface area contributed by atoms with E-state index >= 15 is 0 Å². The summed E-state index contributed by atoms with van der Waals surface area (Å²) in [4.78, 5) is 35.2. The quantitative estimate of drug-likeness (QED) is 0.639. The first-order valence-electron chi connectivity index (χ1n) is 6.62. The van der Waals surface area contributed by atoms with E-state index in [1.54, 1.807) is 0 Å². The molecule has 2 aromatic heterocycles. The van der Waals surface area contributed by atoms with Gasteiger partial charge < -0.3 is 10.3 Å². The summed E-state index contributed by atoms with van der Waals surface area (Å²) in [6.07, 6.45) is 4.05. The summed E-state index contributed by atoms with van der Waals surface area (Å²) in [5, 5.41) is 3.48. The van der Waals surface area contributed by atoms with Crippen LogP contribution in [-0.4, -0.2) is 26.5 Å². The second-order valence-electron chi connectivity index (χ2n) is 5.08. The third-order valence-electron chi connectivity index (χ3n) is 3.76. The summed E-state index contributed by atoms with van der Waals surface area (Å²) in [6.45, 7) is 3.07. The highest BCUT2D eigenvalue weighted by Gasteiger charge is 2.37. The summed E-state index contributed by atoms with van der Waals surface area (Å²) < 4.78 is 0. The molecule has 4 N–H and O–H groups in total. The van der Waals surface area contributed by atoms with Gasteiger partial charge in [-0.3, -0.25) is 14.8 Å². The number of fused-ring (bicyclic) bond motifs is 1. The number of rotatable bonds is 3. The van der Waals surface area contributed by atoms with Gasteiger partial charge in [0.1, 0.15) is 11.3 Å². The van der Waals surface area contributed by atoms with Crippen molar-refractivity contribution in [3.8, 4) is 0 Å². The Bertz CT molecular complexity index is 705. The maximum absolute atomic E-state index is 11.7. The molecule has 0 bridgehead atoms. The van der Waals surface area contributed by atoms with Gasteiger partial charge in [-0.1, -0.05) is 13.3 Å². The van der Waals surface area contributed by atoms with E-state index in [1.807, 2.05) is 0 Å². The Labute approximate surface area is 108 Å². The van der Waals surface area contributed by atoms with Crippen LogP contribution in [0, 0.1) is 0 Å². The Morgan fingerprint density at radius 2 is 2.11 bits per heavy atom. The number of hydrogen-bond acceptors (Lipinski definition) is 4. The number of nitrogens with zero attached hydrogens (tertiary/aromatic N) is 1. The Balaban J connectivity index is 2.17. The zero-order valence-electron chi connectivity index (χ0n) is 10.8. The smallest absolute Gasteiger partial charge is 0.327 e. The number of hydrogen-bond donors (Lipinski definition) is 4. The third-order valence-corrected chi connectivity index (χ3v) is 3.76. The average molecular weight is 263 g/mol. The number of aromatic nitrogens is 4. The van der Waals surface area contributed by atoms with Crippen LogP contribution in [0.3, 0.4) is 0 Å². The van der Waals surface area contributed by atoms with Crippen LogP contribution < -0.4 is 16.6 Å². The lowest BCUT2D eigenvalue weighted by atomic mass is 9.91. The molecule has 0 aromatic carbocycles. The Morgan fingerprint density at radius 1 is 1.26 bits per heavy atom. The van der Waals surface area contributed by atoms with Crippen LogP contribution >= 0.6 is 0 Å². The summed E-state index contributed by atoms with van der Waals surface area (Å²) in [6, 6.07) is 0. The minimum absolute atomic E-state index is 0.197. The second-order valence-corrected chi connectivity index (χ2v) is 5.08. The van der Waals surface area contributed by atoms with Crippen molar-refractivity contribution in [3.05, 3.63) is 26.7 Å². The topological polar surface area (TPSA) is 106 Å². The van der Waals surface area contributed by atoms with E-state index < -0.39 is 11.2 Å². The molecule has 0 saturated carbocycles. The van der Waals surface area contributed by atoms with Crippen molar-refractivity contribution in [1.29, 1.82) is 0 Å². The molecule has 19 heavy (non-hydrogen) atoms. The fourth-order valence-electron chi connectivity index (χ4n) is 2.93. The van der Waals surface area contributed by atoms with Crippen LogP contribution in [0.1, 0.15) is 38.4 Å². The molecular formula is C12H17N5O2. The van der Waals surface area contributed by atoms with Crippen molar-refractivity contribution in [2.75, 3.05) is 6.54 Å². The Kier molecular flexibility index (Phi) is 2.78. The molecule has 7 nitrogen and oxygen atoms in total. The lowest BCUT2D eigenvalue weighted by molar-refractivity contribution is 0.338. The lowest BCUT2D eigenvalue weighted by Gasteiger charge is -2.26. The highest BCUT2D eigenvalue weighted by atomic mass is 16.2. The zero-order chi connectivity index (χ0) is 13.5. The molecule has 1 aliphatic rings. The zero-order valence-corrected chi connectivity index (χ0v) is 10.8. The summed E-state index contributed by atoms with van der Waals surface area (Å²) >= 11 is 0. The molecule has 2 aromatic rings. The highest BCUT2D eigenvalue weighted by Crippen LogP contribution is 2.33. The van der Waals surface area contributed by atoms with Crippen molar-refractivity contribution in [2.24, 2.45) is 0 Å². The normalized spacial score (nSPS) is 23.2. The molecule has 1 fully saturated rings.